The SMILES string of the molecule is C[C@@H](OCc1ccccc1)[C@@H](C(=O)O)N(C)C(=O)OC(C)(C)C.NC1CCCCC1. The first kappa shape index (κ1) is 25.9. The second kappa shape index (κ2) is 12.5. The second-order valence-electron chi connectivity index (χ2n) is 8.77. The molecule has 1 aliphatic rings. The quantitative estimate of drug-likeness (QED) is 0.713. The van der Waals surface area contributed by atoms with Crippen LogP contribution in [0.3, 0.4) is 0 Å². The number of rotatable bonds is 6. The first-order valence-electron chi connectivity index (χ1n) is 10.6. The molecule has 0 saturated heterocycles. The van der Waals surface area contributed by atoms with Gasteiger partial charge in [-0.2, -0.15) is 0 Å². The molecule has 0 heterocycles. The van der Waals surface area contributed by atoms with Gasteiger partial charge in [-0.25, -0.2) is 9.59 Å². The summed E-state index contributed by atoms with van der Waals surface area (Å²) in [5, 5.41) is 9.43. The number of nitrogens with zero attached hydrogens (tertiary/aromatic N) is 1. The van der Waals surface area contributed by atoms with Crippen molar-refractivity contribution in [2.24, 2.45) is 5.73 Å². The Morgan fingerprint density at radius 1 is 1.17 bits per heavy atom. The molecule has 3 N–H and O–H groups in total. The minimum Gasteiger partial charge on any atom is -0.480 e. The number of nitrogens with two attached hydrogens (primary N) is 1. The van der Waals surface area contributed by atoms with Gasteiger partial charge in [0.25, 0.3) is 0 Å². The van der Waals surface area contributed by atoms with Gasteiger partial charge in [0.1, 0.15) is 5.60 Å². The van der Waals surface area contributed by atoms with Gasteiger partial charge in [-0.05, 0) is 46.1 Å². The van der Waals surface area contributed by atoms with Crippen LogP contribution < -0.4 is 5.73 Å². The smallest absolute Gasteiger partial charge is 0.410 e. The second-order valence-corrected chi connectivity index (χ2v) is 8.77. The third kappa shape index (κ3) is 10.1. The van der Waals surface area contributed by atoms with E-state index in [1.807, 2.05) is 30.3 Å². The van der Waals surface area contributed by atoms with Gasteiger partial charge < -0.3 is 20.3 Å². The van der Waals surface area contributed by atoms with E-state index in [0.29, 0.717) is 6.04 Å². The summed E-state index contributed by atoms with van der Waals surface area (Å²) in [6, 6.07) is 8.83. The Balaban J connectivity index is 0.000000539. The van der Waals surface area contributed by atoms with Crippen LogP contribution in [0.25, 0.3) is 0 Å². The van der Waals surface area contributed by atoms with Crippen molar-refractivity contribution in [3.8, 4) is 0 Å². The molecule has 0 radical (unpaired) electrons. The summed E-state index contributed by atoms with van der Waals surface area (Å²) in [4.78, 5) is 24.7. The van der Waals surface area contributed by atoms with E-state index in [2.05, 4.69) is 0 Å². The van der Waals surface area contributed by atoms with Crippen LogP contribution in [0, 0.1) is 0 Å². The van der Waals surface area contributed by atoms with Crippen molar-refractivity contribution in [3.05, 3.63) is 35.9 Å². The summed E-state index contributed by atoms with van der Waals surface area (Å²) in [5.74, 6) is -1.14. The van der Waals surface area contributed by atoms with Crippen molar-refractivity contribution in [2.75, 3.05) is 7.05 Å². The maximum Gasteiger partial charge on any atom is 0.410 e. The van der Waals surface area contributed by atoms with Gasteiger partial charge in [0.2, 0.25) is 0 Å². The van der Waals surface area contributed by atoms with Crippen LogP contribution in [0.4, 0.5) is 4.79 Å². The molecule has 2 atom stereocenters. The summed E-state index contributed by atoms with van der Waals surface area (Å²) >= 11 is 0. The minimum absolute atomic E-state index is 0.272. The third-order valence-corrected chi connectivity index (χ3v) is 4.80. The number of carboxylic acid groups (broad SMARTS) is 1. The average Bonchev–Trinajstić information content (AvgIpc) is 2.67. The molecule has 0 spiro atoms. The molecule has 7 heteroatoms. The third-order valence-electron chi connectivity index (χ3n) is 4.80. The standard InChI is InChI=1S/C17H25NO5.C6H13N/c1-12(22-11-13-9-7-6-8-10-13)14(15(19)20)18(5)16(21)23-17(2,3)4;7-6-4-2-1-3-5-6/h6-10,12,14H,11H2,1-5H3,(H,19,20);6H,1-5,7H2/t12-,14+;/m1./s1. The van der Waals surface area contributed by atoms with E-state index >= 15 is 0 Å². The Kier molecular flexibility index (Phi) is 10.8. The molecule has 1 aromatic carbocycles. The molecule has 1 fully saturated rings. The summed E-state index contributed by atoms with van der Waals surface area (Å²) in [6.07, 6.45) is 5.28. The first-order valence-corrected chi connectivity index (χ1v) is 10.6. The highest BCUT2D eigenvalue weighted by Gasteiger charge is 2.35. The zero-order valence-electron chi connectivity index (χ0n) is 19.0. The lowest BCUT2D eigenvalue weighted by molar-refractivity contribution is -0.148. The Morgan fingerprint density at radius 2 is 1.73 bits per heavy atom. The molecule has 7 nitrogen and oxygen atoms in total. The Morgan fingerprint density at radius 3 is 2.17 bits per heavy atom. The topological polar surface area (TPSA) is 102 Å². The van der Waals surface area contributed by atoms with E-state index in [4.69, 9.17) is 15.2 Å². The van der Waals surface area contributed by atoms with E-state index < -0.39 is 29.8 Å². The van der Waals surface area contributed by atoms with Crippen molar-refractivity contribution in [1.82, 2.24) is 4.90 Å². The number of amides is 1. The highest BCUT2D eigenvalue weighted by atomic mass is 16.6. The van der Waals surface area contributed by atoms with Gasteiger partial charge in [-0.15, -0.1) is 0 Å². The van der Waals surface area contributed by atoms with Crippen molar-refractivity contribution < 1.29 is 24.2 Å². The van der Waals surface area contributed by atoms with Crippen LogP contribution in [0.1, 0.15) is 65.4 Å². The molecule has 30 heavy (non-hydrogen) atoms. The first-order chi connectivity index (χ1) is 14.0. The Hall–Kier alpha value is -2.12. The van der Waals surface area contributed by atoms with Gasteiger partial charge in [-0.1, -0.05) is 49.6 Å². The average molecular weight is 423 g/mol. The number of carbonyl (C=O) groups is 2. The minimum atomic E-state index is -1.14. The van der Waals surface area contributed by atoms with Gasteiger partial charge in [0.05, 0.1) is 12.7 Å². The number of hydrogen-bond donors (Lipinski definition) is 2. The van der Waals surface area contributed by atoms with E-state index in [1.54, 1.807) is 27.7 Å². The maximum absolute atomic E-state index is 12.1. The predicted molar refractivity (Wildman–Crippen MR) is 117 cm³/mol. The highest BCUT2D eigenvalue weighted by Crippen LogP contribution is 2.16. The molecule has 2 rings (SSSR count). The molecule has 0 bridgehead atoms. The number of aliphatic carboxylic acids is 1. The molecule has 1 aromatic rings. The lowest BCUT2D eigenvalue weighted by Gasteiger charge is -2.31. The van der Waals surface area contributed by atoms with E-state index in [-0.39, 0.29) is 6.61 Å². The monoisotopic (exact) mass is 422 g/mol. The van der Waals surface area contributed by atoms with E-state index in [9.17, 15) is 14.7 Å². The number of benzene rings is 1. The van der Waals surface area contributed by atoms with Crippen LogP contribution in [0.5, 0.6) is 0 Å². The van der Waals surface area contributed by atoms with Crippen molar-refractivity contribution >= 4 is 12.1 Å². The lowest BCUT2D eigenvalue weighted by atomic mass is 9.97. The van der Waals surface area contributed by atoms with Crippen molar-refractivity contribution in [3.63, 3.8) is 0 Å². The molecule has 0 aliphatic heterocycles. The number of carboxylic acids is 1. The van der Waals surface area contributed by atoms with Crippen molar-refractivity contribution in [2.45, 2.75) is 90.2 Å². The maximum atomic E-state index is 12.1. The molecule has 0 aromatic heterocycles. The lowest BCUT2D eigenvalue weighted by Crippen LogP contribution is -2.50. The number of hydrogen-bond acceptors (Lipinski definition) is 5. The zero-order chi connectivity index (χ0) is 22.7. The summed E-state index contributed by atoms with van der Waals surface area (Å²) in [5.41, 5.74) is 5.88. The Bertz CT molecular complexity index is 639. The van der Waals surface area contributed by atoms with Gasteiger partial charge >= 0.3 is 12.1 Å². The molecular weight excluding hydrogens is 384 g/mol. The molecule has 1 aliphatic carbocycles. The fourth-order valence-electron chi connectivity index (χ4n) is 3.16. The van der Waals surface area contributed by atoms with Crippen LogP contribution in [-0.4, -0.2) is 52.9 Å². The highest BCUT2D eigenvalue weighted by molar-refractivity contribution is 5.80. The molecule has 1 saturated carbocycles. The molecule has 1 amide bonds. The largest absolute Gasteiger partial charge is 0.480 e. The van der Waals surface area contributed by atoms with Crippen molar-refractivity contribution in [1.29, 1.82) is 0 Å². The zero-order valence-corrected chi connectivity index (χ0v) is 19.0. The van der Waals surface area contributed by atoms with E-state index in [0.717, 1.165) is 10.5 Å². The van der Waals surface area contributed by atoms with Gasteiger partial charge in [0, 0.05) is 13.1 Å². The summed E-state index contributed by atoms with van der Waals surface area (Å²) in [7, 11) is 1.40. The number of carbonyl (C=O) groups excluding carboxylic acids is 1. The van der Waals surface area contributed by atoms with Crippen LogP contribution in [-0.2, 0) is 20.9 Å². The predicted octanol–water partition coefficient (Wildman–Crippen LogP) is 4.19. The van der Waals surface area contributed by atoms with E-state index in [1.165, 1.54) is 39.2 Å². The fraction of sp³-hybridized carbons (Fsp3) is 0.652. The molecule has 0 unspecified atom stereocenters. The molecular formula is C23H38N2O5. The molecule has 170 valence electrons. The number of ether oxygens (including phenoxy) is 2. The summed E-state index contributed by atoms with van der Waals surface area (Å²) < 4.78 is 10.8. The Labute approximate surface area is 180 Å². The van der Waals surface area contributed by atoms with Gasteiger partial charge in [0.15, 0.2) is 6.04 Å². The van der Waals surface area contributed by atoms with Gasteiger partial charge in [-0.3, -0.25) is 4.90 Å². The fourth-order valence-corrected chi connectivity index (χ4v) is 3.16. The number of likely N-dealkylation sites (N-methyl/N-ethyl adjacent to an activating group) is 1. The summed E-state index contributed by atoms with van der Waals surface area (Å²) in [6.45, 7) is 7.08. The normalized spacial score (nSPS) is 16.6. The van der Waals surface area contributed by atoms with Crippen LogP contribution in [0.15, 0.2) is 30.3 Å². The van der Waals surface area contributed by atoms with Crippen LogP contribution in [0.2, 0.25) is 0 Å². The van der Waals surface area contributed by atoms with Crippen LogP contribution >= 0.6 is 0 Å².